The molecule has 3 rings (SSSR count). The van der Waals surface area contributed by atoms with E-state index in [1.807, 2.05) is 0 Å². The van der Waals surface area contributed by atoms with Crippen molar-refractivity contribution in [2.24, 2.45) is 0 Å². The second-order valence-electron chi connectivity index (χ2n) is 5.86. The molecule has 0 aromatic heterocycles. The van der Waals surface area contributed by atoms with Crippen LogP contribution in [0, 0.1) is 0 Å². The lowest BCUT2D eigenvalue weighted by atomic mass is 10.3. The van der Waals surface area contributed by atoms with E-state index in [1.165, 1.54) is 24.3 Å². The summed E-state index contributed by atoms with van der Waals surface area (Å²) in [6.07, 6.45) is 0. The second kappa shape index (κ2) is 9.00. The number of sulfonamides is 2. The fourth-order valence-electron chi connectivity index (χ4n) is 2.49. The van der Waals surface area contributed by atoms with Crippen LogP contribution < -0.4 is 4.74 Å². The molecule has 6 nitrogen and oxygen atoms in total. The van der Waals surface area contributed by atoms with Gasteiger partial charge in [0, 0.05) is 4.90 Å². The Hall–Kier alpha value is -2.33. The molecule has 0 aliphatic rings. The lowest BCUT2D eigenvalue weighted by Crippen LogP contribution is -2.36. The maximum atomic E-state index is 13.2. The third-order valence-corrected chi connectivity index (χ3v) is 9.58. The molecule has 0 saturated carbocycles. The fraction of sp³-hybridized carbons (Fsp3) is 0.100. The number of hydrogen-bond donors (Lipinski definition) is 0. The van der Waals surface area contributed by atoms with Crippen molar-refractivity contribution in [3.05, 3.63) is 84.9 Å². The molecule has 0 aliphatic heterocycles. The Morgan fingerprint density at radius 3 is 1.59 bits per heavy atom. The Morgan fingerprint density at radius 1 is 0.724 bits per heavy atom. The van der Waals surface area contributed by atoms with Gasteiger partial charge in [-0.2, -0.15) is 0 Å². The average molecular weight is 450 g/mol. The van der Waals surface area contributed by atoms with Crippen molar-refractivity contribution in [1.82, 2.24) is 3.71 Å². The van der Waals surface area contributed by atoms with Crippen LogP contribution in [0.5, 0.6) is 5.75 Å². The number of rotatable bonds is 8. The Balaban J connectivity index is 1.99. The van der Waals surface area contributed by atoms with Crippen molar-refractivity contribution >= 4 is 31.8 Å². The average Bonchev–Trinajstić information content (AvgIpc) is 2.75. The second-order valence-corrected chi connectivity index (χ2v) is 10.8. The van der Waals surface area contributed by atoms with Crippen LogP contribution in [-0.4, -0.2) is 33.5 Å². The largest absolute Gasteiger partial charge is 0.497 e. The van der Waals surface area contributed by atoms with E-state index in [0.29, 0.717) is 14.4 Å². The van der Waals surface area contributed by atoms with Crippen molar-refractivity contribution in [3.8, 4) is 5.75 Å². The number of ether oxygens (including phenoxy) is 1. The highest BCUT2D eigenvalue weighted by molar-refractivity contribution is 8.06. The minimum Gasteiger partial charge on any atom is -0.497 e. The molecular formula is C20H19NO5S3. The van der Waals surface area contributed by atoms with Gasteiger partial charge < -0.3 is 4.74 Å². The zero-order valence-corrected chi connectivity index (χ0v) is 18.0. The van der Waals surface area contributed by atoms with Crippen LogP contribution in [0.25, 0.3) is 0 Å². The fourth-order valence-corrected chi connectivity index (χ4v) is 7.52. The molecule has 0 radical (unpaired) electrons. The quantitative estimate of drug-likeness (QED) is 0.384. The van der Waals surface area contributed by atoms with E-state index in [-0.39, 0.29) is 15.7 Å². The van der Waals surface area contributed by atoms with Gasteiger partial charge in [0.25, 0.3) is 20.0 Å². The maximum absolute atomic E-state index is 13.2. The first kappa shape index (κ1) is 21.4. The number of hydrogen-bond acceptors (Lipinski definition) is 6. The summed E-state index contributed by atoms with van der Waals surface area (Å²) >= 11 is 1.10. The van der Waals surface area contributed by atoms with Crippen molar-refractivity contribution in [1.29, 1.82) is 0 Å². The number of thioether (sulfide) groups is 1. The van der Waals surface area contributed by atoms with E-state index < -0.39 is 20.0 Å². The number of methoxy groups -OCH3 is 1. The Labute approximate surface area is 175 Å². The van der Waals surface area contributed by atoms with Crippen molar-refractivity contribution in [2.75, 3.05) is 13.0 Å². The first-order valence-electron chi connectivity index (χ1n) is 8.50. The lowest BCUT2D eigenvalue weighted by molar-refractivity contribution is 0.414. The van der Waals surface area contributed by atoms with Gasteiger partial charge >= 0.3 is 0 Å². The van der Waals surface area contributed by atoms with Gasteiger partial charge in [0.1, 0.15) is 5.75 Å². The molecule has 0 heterocycles. The maximum Gasteiger partial charge on any atom is 0.257 e. The highest BCUT2D eigenvalue weighted by atomic mass is 32.3. The minimum atomic E-state index is -4.29. The van der Waals surface area contributed by atoms with Crippen LogP contribution >= 0.6 is 11.8 Å². The monoisotopic (exact) mass is 449 g/mol. The van der Waals surface area contributed by atoms with Gasteiger partial charge in [-0.1, -0.05) is 40.1 Å². The van der Waals surface area contributed by atoms with Gasteiger partial charge in [-0.3, -0.25) is 0 Å². The molecule has 9 heteroatoms. The Bertz CT molecular complexity index is 1080. The van der Waals surface area contributed by atoms with Gasteiger partial charge in [-0.25, -0.2) is 16.8 Å². The van der Waals surface area contributed by atoms with E-state index in [0.717, 1.165) is 11.8 Å². The summed E-state index contributed by atoms with van der Waals surface area (Å²) in [5.74, 6) is 0.348. The first-order valence-corrected chi connectivity index (χ1v) is 12.4. The Morgan fingerprint density at radius 2 is 1.17 bits per heavy atom. The van der Waals surface area contributed by atoms with E-state index in [4.69, 9.17) is 4.74 Å². The zero-order valence-electron chi connectivity index (χ0n) is 15.5. The molecule has 0 unspecified atom stereocenters. The van der Waals surface area contributed by atoms with E-state index in [9.17, 15) is 16.8 Å². The summed E-state index contributed by atoms with van der Waals surface area (Å²) < 4.78 is 58.4. The summed E-state index contributed by atoms with van der Waals surface area (Å²) in [7, 11) is -7.04. The van der Waals surface area contributed by atoms with Crippen molar-refractivity contribution in [3.63, 3.8) is 0 Å². The van der Waals surface area contributed by atoms with Crippen LogP contribution in [0.1, 0.15) is 0 Å². The molecule has 0 bridgehead atoms. The number of nitrogens with zero attached hydrogens (tertiary/aromatic N) is 1. The molecule has 0 spiro atoms. The van der Waals surface area contributed by atoms with Crippen LogP contribution in [0.2, 0.25) is 0 Å². The van der Waals surface area contributed by atoms with Crippen LogP contribution in [0.4, 0.5) is 0 Å². The minimum absolute atomic E-state index is 0.0881. The molecule has 152 valence electrons. The summed E-state index contributed by atoms with van der Waals surface area (Å²) in [5, 5.41) is 0. The molecule has 3 aromatic carbocycles. The summed E-state index contributed by atoms with van der Waals surface area (Å²) in [6.45, 7) is 0. The normalized spacial score (nSPS) is 12.1. The molecule has 0 saturated heterocycles. The summed E-state index contributed by atoms with van der Waals surface area (Å²) in [4.78, 5) is 0.534. The number of benzene rings is 3. The highest BCUT2D eigenvalue weighted by Crippen LogP contribution is 2.29. The van der Waals surface area contributed by atoms with Crippen LogP contribution in [0.15, 0.2) is 99.6 Å². The van der Waals surface area contributed by atoms with Gasteiger partial charge in [-0.05, 0) is 48.5 Å². The molecule has 0 atom stereocenters. The summed E-state index contributed by atoms with van der Waals surface area (Å²) in [5.41, 5.74) is 0. The first-order chi connectivity index (χ1) is 13.9. The molecule has 0 fully saturated rings. The molecule has 0 aliphatic carbocycles. The topological polar surface area (TPSA) is 80.8 Å². The molecule has 0 amide bonds. The van der Waals surface area contributed by atoms with Gasteiger partial charge in [0.05, 0.1) is 22.8 Å². The zero-order chi connectivity index (χ0) is 20.9. The van der Waals surface area contributed by atoms with Crippen molar-refractivity contribution < 1.29 is 21.6 Å². The van der Waals surface area contributed by atoms with Crippen molar-refractivity contribution in [2.45, 2.75) is 14.7 Å². The van der Waals surface area contributed by atoms with E-state index in [2.05, 4.69) is 0 Å². The third kappa shape index (κ3) is 4.81. The van der Waals surface area contributed by atoms with Gasteiger partial charge in [-0.15, -0.1) is 11.8 Å². The predicted octanol–water partition coefficient (Wildman–Crippen LogP) is 3.82. The van der Waals surface area contributed by atoms with E-state index in [1.54, 1.807) is 67.8 Å². The van der Waals surface area contributed by atoms with E-state index >= 15 is 0 Å². The van der Waals surface area contributed by atoms with Crippen LogP contribution in [-0.2, 0) is 20.0 Å². The third-order valence-electron chi connectivity index (χ3n) is 4.01. The predicted molar refractivity (Wildman–Crippen MR) is 113 cm³/mol. The lowest BCUT2D eigenvalue weighted by Gasteiger charge is -2.22. The highest BCUT2D eigenvalue weighted by Gasteiger charge is 2.36. The standard InChI is InChI=1S/C20H19NO5S3/c1-26-17-12-14-18(15-13-17)27-16-21(28(22,23)19-8-4-2-5-9-19)29(24,25)20-10-6-3-7-11-20/h2-15H,16H2,1H3. The smallest absolute Gasteiger partial charge is 0.257 e. The molecule has 0 N–H and O–H groups in total. The molecular weight excluding hydrogens is 430 g/mol. The van der Waals surface area contributed by atoms with Gasteiger partial charge in [0.15, 0.2) is 0 Å². The van der Waals surface area contributed by atoms with Gasteiger partial charge in [0.2, 0.25) is 0 Å². The molecule has 3 aromatic rings. The Kier molecular flexibility index (Phi) is 6.63. The van der Waals surface area contributed by atoms with Crippen LogP contribution in [0.3, 0.4) is 0 Å². The summed E-state index contributed by atoms with van der Waals surface area (Å²) in [6, 6.07) is 22.0. The molecule has 29 heavy (non-hydrogen) atoms. The SMILES string of the molecule is COc1ccc(SCN(S(=O)(=O)c2ccccc2)S(=O)(=O)c2ccccc2)cc1.